The monoisotopic (exact) mass is 168 g/mol. The molecule has 1 rings (SSSR count). The first-order valence-electron chi connectivity index (χ1n) is 5.83. The zero-order valence-electron chi connectivity index (χ0n) is 8.81. The van der Waals surface area contributed by atoms with Crippen molar-refractivity contribution in [3.05, 3.63) is 0 Å². The van der Waals surface area contributed by atoms with Crippen LogP contribution in [0.3, 0.4) is 0 Å². The topological polar surface area (TPSA) is 0 Å². The van der Waals surface area contributed by atoms with Gasteiger partial charge in [0.25, 0.3) is 0 Å². The summed E-state index contributed by atoms with van der Waals surface area (Å²) in [7, 11) is 0. The van der Waals surface area contributed by atoms with Gasteiger partial charge in [-0.15, -0.1) is 0 Å². The average molecular weight is 168 g/mol. The molecule has 1 saturated carbocycles. The van der Waals surface area contributed by atoms with Gasteiger partial charge in [0.2, 0.25) is 0 Å². The lowest BCUT2D eigenvalue weighted by molar-refractivity contribution is 0.288. The minimum absolute atomic E-state index is 0.984. The smallest absolute Gasteiger partial charge is 0.0412 e. The molecule has 0 aliphatic heterocycles. The summed E-state index contributed by atoms with van der Waals surface area (Å²) in [5.41, 5.74) is 0. The number of hydrogen-bond acceptors (Lipinski definition) is 0. The van der Waals surface area contributed by atoms with Crippen molar-refractivity contribution < 1.29 is 0 Å². The third kappa shape index (κ3) is 3.60. The molecule has 0 aromatic heterocycles. The third-order valence-corrected chi connectivity index (χ3v) is 3.24. The minimum Gasteiger partial charge on any atom is -0.0654 e. The van der Waals surface area contributed by atoms with Crippen LogP contribution in [0.2, 0.25) is 0 Å². The lowest BCUT2D eigenvalue weighted by Gasteiger charge is -2.24. The molecule has 1 aliphatic rings. The van der Waals surface area contributed by atoms with Crippen LogP contribution < -0.4 is 0 Å². The highest BCUT2D eigenvalue weighted by Gasteiger charge is 2.15. The second-order valence-electron chi connectivity index (χ2n) is 4.63. The van der Waals surface area contributed by atoms with E-state index >= 15 is 0 Å². The Balaban J connectivity index is 2.11. The molecule has 0 heterocycles. The molecule has 0 nitrogen and oxygen atoms in total. The lowest BCUT2D eigenvalue weighted by Crippen LogP contribution is -2.10. The van der Waals surface area contributed by atoms with E-state index in [-0.39, 0.29) is 0 Å². The Labute approximate surface area is 77.7 Å². The van der Waals surface area contributed by atoms with Gasteiger partial charge in [0, 0.05) is 0 Å². The zero-order chi connectivity index (χ0) is 8.81. The summed E-state index contributed by atoms with van der Waals surface area (Å²) in [6, 6.07) is 0. The first-order valence-corrected chi connectivity index (χ1v) is 5.83. The first-order chi connectivity index (χ1) is 5.83. The standard InChI is InChI=1S/C12H24/c1-3-7-11(2)10-12-8-5-4-6-9-12/h11-12H,3-10H2,1-2H3/t11-/m0/s1. The molecular formula is C12H24. The fourth-order valence-corrected chi connectivity index (χ4v) is 2.60. The van der Waals surface area contributed by atoms with Crippen LogP contribution in [0.15, 0.2) is 0 Å². The fraction of sp³-hybridized carbons (Fsp3) is 1.00. The van der Waals surface area contributed by atoms with Gasteiger partial charge in [-0.2, -0.15) is 0 Å². The largest absolute Gasteiger partial charge is 0.0654 e. The summed E-state index contributed by atoms with van der Waals surface area (Å²) in [5.74, 6) is 2.07. The van der Waals surface area contributed by atoms with Gasteiger partial charge >= 0.3 is 0 Å². The van der Waals surface area contributed by atoms with Crippen LogP contribution >= 0.6 is 0 Å². The number of hydrogen-bond donors (Lipinski definition) is 0. The van der Waals surface area contributed by atoms with Crippen LogP contribution in [0.4, 0.5) is 0 Å². The van der Waals surface area contributed by atoms with Crippen molar-refractivity contribution in [3.63, 3.8) is 0 Å². The molecule has 0 aromatic rings. The summed E-state index contributed by atoms with van der Waals surface area (Å²) in [5, 5.41) is 0. The van der Waals surface area contributed by atoms with Crippen molar-refractivity contribution in [2.24, 2.45) is 11.8 Å². The molecule has 0 radical (unpaired) electrons. The molecule has 72 valence electrons. The van der Waals surface area contributed by atoms with Gasteiger partial charge in [0.15, 0.2) is 0 Å². The lowest BCUT2D eigenvalue weighted by atomic mass is 9.82. The van der Waals surface area contributed by atoms with Gasteiger partial charge in [-0.3, -0.25) is 0 Å². The second-order valence-corrected chi connectivity index (χ2v) is 4.63. The van der Waals surface area contributed by atoms with E-state index in [1.54, 1.807) is 0 Å². The molecule has 0 saturated heterocycles. The van der Waals surface area contributed by atoms with Crippen molar-refractivity contribution in [1.29, 1.82) is 0 Å². The molecule has 0 unspecified atom stereocenters. The Bertz CT molecular complexity index is 101. The van der Waals surface area contributed by atoms with E-state index in [4.69, 9.17) is 0 Å². The van der Waals surface area contributed by atoms with Crippen molar-refractivity contribution in [3.8, 4) is 0 Å². The summed E-state index contributed by atoms with van der Waals surface area (Å²) >= 11 is 0. The zero-order valence-corrected chi connectivity index (χ0v) is 8.81. The molecule has 1 aliphatic carbocycles. The van der Waals surface area contributed by atoms with Gasteiger partial charge in [-0.25, -0.2) is 0 Å². The molecule has 0 aromatic carbocycles. The Morgan fingerprint density at radius 3 is 2.42 bits per heavy atom. The average Bonchev–Trinajstić information content (AvgIpc) is 2.06. The predicted octanol–water partition coefficient (Wildman–Crippen LogP) is 4.39. The van der Waals surface area contributed by atoms with Gasteiger partial charge in [0.05, 0.1) is 0 Å². The van der Waals surface area contributed by atoms with E-state index in [9.17, 15) is 0 Å². The predicted molar refractivity (Wildman–Crippen MR) is 55.3 cm³/mol. The van der Waals surface area contributed by atoms with Crippen molar-refractivity contribution in [1.82, 2.24) is 0 Å². The highest BCUT2D eigenvalue weighted by molar-refractivity contribution is 4.68. The van der Waals surface area contributed by atoms with Gasteiger partial charge in [0.1, 0.15) is 0 Å². The molecule has 0 N–H and O–H groups in total. The summed E-state index contributed by atoms with van der Waals surface area (Å²) in [4.78, 5) is 0. The first kappa shape index (κ1) is 10.1. The van der Waals surface area contributed by atoms with E-state index in [0.29, 0.717) is 0 Å². The van der Waals surface area contributed by atoms with E-state index < -0.39 is 0 Å². The van der Waals surface area contributed by atoms with E-state index in [0.717, 1.165) is 11.8 Å². The maximum absolute atomic E-state index is 2.43. The highest BCUT2D eigenvalue weighted by atomic mass is 14.2. The second kappa shape index (κ2) is 5.61. The molecule has 1 atom stereocenters. The van der Waals surface area contributed by atoms with E-state index in [1.807, 2.05) is 0 Å². The van der Waals surface area contributed by atoms with Gasteiger partial charge in [-0.05, 0) is 18.3 Å². The molecule has 0 spiro atoms. The minimum atomic E-state index is 0.984. The van der Waals surface area contributed by atoms with E-state index in [1.165, 1.54) is 51.4 Å². The summed E-state index contributed by atoms with van der Waals surface area (Å²) < 4.78 is 0. The van der Waals surface area contributed by atoms with Crippen LogP contribution in [-0.4, -0.2) is 0 Å². The van der Waals surface area contributed by atoms with Crippen LogP contribution in [0.1, 0.15) is 65.2 Å². The molecule has 1 fully saturated rings. The van der Waals surface area contributed by atoms with Crippen molar-refractivity contribution in [2.75, 3.05) is 0 Å². The molecular weight excluding hydrogens is 144 g/mol. The van der Waals surface area contributed by atoms with Crippen LogP contribution in [0.5, 0.6) is 0 Å². The Hall–Kier alpha value is 0. The Morgan fingerprint density at radius 2 is 1.83 bits per heavy atom. The molecule has 0 amide bonds. The van der Waals surface area contributed by atoms with E-state index in [2.05, 4.69) is 13.8 Å². The Kier molecular flexibility index (Phi) is 4.72. The van der Waals surface area contributed by atoms with Gasteiger partial charge in [-0.1, -0.05) is 58.8 Å². The maximum Gasteiger partial charge on any atom is -0.0412 e. The molecule has 0 heteroatoms. The van der Waals surface area contributed by atoms with Crippen molar-refractivity contribution >= 4 is 0 Å². The van der Waals surface area contributed by atoms with Crippen LogP contribution in [-0.2, 0) is 0 Å². The highest BCUT2D eigenvalue weighted by Crippen LogP contribution is 2.30. The quantitative estimate of drug-likeness (QED) is 0.584. The van der Waals surface area contributed by atoms with Crippen LogP contribution in [0, 0.1) is 11.8 Å². The van der Waals surface area contributed by atoms with Crippen molar-refractivity contribution in [2.45, 2.75) is 65.2 Å². The summed E-state index contributed by atoms with van der Waals surface area (Å²) in [6.07, 6.45) is 11.9. The molecule has 0 bridgehead atoms. The normalized spacial score (nSPS) is 22.5. The fourth-order valence-electron chi connectivity index (χ4n) is 2.60. The third-order valence-electron chi connectivity index (χ3n) is 3.24. The SMILES string of the molecule is CCC[C@H](C)CC1CCCCC1. The van der Waals surface area contributed by atoms with Crippen LogP contribution in [0.25, 0.3) is 0 Å². The Morgan fingerprint density at radius 1 is 1.17 bits per heavy atom. The number of rotatable bonds is 4. The summed E-state index contributed by atoms with van der Waals surface area (Å²) in [6.45, 7) is 4.73. The molecule has 12 heavy (non-hydrogen) atoms. The van der Waals surface area contributed by atoms with Gasteiger partial charge < -0.3 is 0 Å². The maximum atomic E-state index is 2.43.